The molecule has 1 rings (SSSR count). The van der Waals surface area contributed by atoms with E-state index in [0.29, 0.717) is 5.88 Å². The molecule has 0 saturated carbocycles. The average Bonchev–Trinajstić information content (AvgIpc) is 2.24. The highest BCUT2D eigenvalue weighted by atomic mass is 16.5. The van der Waals surface area contributed by atoms with Gasteiger partial charge in [0.05, 0.1) is 7.11 Å². The first-order valence-corrected chi connectivity index (χ1v) is 5.54. The maximum absolute atomic E-state index is 6.10. The summed E-state index contributed by atoms with van der Waals surface area (Å²) in [4.78, 5) is 8.37. The molecule has 0 fully saturated rings. The number of nitrogens with two attached hydrogens (primary N) is 1. The molecule has 0 bridgehead atoms. The van der Waals surface area contributed by atoms with Crippen LogP contribution in [0.25, 0.3) is 0 Å². The minimum absolute atomic E-state index is 0.120. The van der Waals surface area contributed by atoms with E-state index in [-0.39, 0.29) is 11.5 Å². The van der Waals surface area contributed by atoms with Gasteiger partial charge in [-0.25, -0.2) is 4.98 Å². The molecule has 90 valence electrons. The van der Waals surface area contributed by atoms with Crippen LogP contribution in [-0.4, -0.2) is 23.1 Å². The maximum atomic E-state index is 6.10. The number of aryl methyl sites for hydroxylation is 1. The molecule has 0 radical (unpaired) electrons. The number of hydrogen-bond donors (Lipinski definition) is 1. The molecule has 0 aromatic carbocycles. The van der Waals surface area contributed by atoms with Gasteiger partial charge in [0.25, 0.3) is 0 Å². The highest BCUT2D eigenvalue weighted by molar-refractivity contribution is 5.17. The minimum atomic E-state index is 0.120. The molecular formula is C12H21N3O. The van der Waals surface area contributed by atoms with E-state index < -0.39 is 0 Å². The molecule has 2 N–H and O–H groups in total. The van der Waals surface area contributed by atoms with Crippen LogP contribution in [0.4, 0.5) is 0 Å². The van der Waals surface area contributed by atoms with Crippen molar-refractivity contribution >= 4 is 0 Å². The van der Waals surface area contributed by atoms with Gasteiger partial charge in [-0.15, -0.1) is 0 Å². The molecule has 0 aliphatic carbocycles. The van der Waals surface area contributed by atoms with Crippen LogP contribution in [0.5, 0.6) is 5.88 Å². The molecule has 0 aliphatic rings. The minimum Gasteiger partial charge on any atom is -0.480 e. The van der Waals surface area contributed by atoms with Crippen molar-refractivity contribution in [1.82, 2.24) is 9.97 Å². The van der Waals surface area contributed by atoms with Crippen LogP contribution in [0.3, 0.4) is 0 Å². The van der Waals surface area contributed by atoms with Gasteiger partial charge in [0.15, 0.2) is 0 Å². The van der Waals surface area contributed by atoms with Crippen LogP contribution in [0.15, 0.2) is 12.4 Å². The van der Waals surface area contributed by atoms with Crippen molar-refractivity contribution in [3.63, 3.8) is 0 Å². The van der Waals surface area contributed by atoms with E-state index in [1.165, 1.54) is 0 Å². The molecule has 1 aromatic rings. The van der Waals surface area contributed by atoms with E-state index in [9.17, 15) is 0 Å². The number of methoxy groups -OCH3 is 1. The number of rotatable bonds is 4. The number of ether oxygens (including phenoxy) is 1. The van der Waals surface area contributed by atoms with E-state index in [2.05, 4.69) is 30.7 Å². The van der Waals surface area contributed by atoms with Crippen LogP contribution in [-0.2, 0) is 6.42 Å². The largest absolute Gasteiger partial charge is 0.480 e. The average molecular weight is 223 g/mol. The first kappa shape index (κ1) is 12.9. The Morgan fingerprint density at radius 1 is 1.31 bits per heavy atom. The zero-order valence-corrected chi connectivity index (χ0v) is 10.5. The molecule has 1 heterocycles. The molecule has 4 nitrogen and oxygen atoms in total. The summed E-state index contributed by atoms with van der Waals surface area (Å²) in [6, 6.07) is 0.152. The Labute approximate surface area is 97.2 Å². The van der Waals surface area contributed by atoms with Crippen LogP contribution < -0.4 is 10.5 Å². The zero-order chi connectivity index (χ0) is 12.2. The summed E-state index contributed by atoms with van der Waals surface area (Å²) in [5.41, 5.74) is 7.10. The van der Waals surface area contributed by atoms with E-state index >= 15 is 0 Å². The molecule has 1 unspecified atom stereocenters. The van der Waals surface area contributed by atoms with Gasteiger partial charge in [-0.1, -0.05) is 20.8 Å². The summed E-state index contributed by atoms with van der Waals surface area (Å²) in [6.07, 6.45) is 5.00. The smallest absolute Gasteiger partial charge is 0.235 e. The molecule has 0 amide bonds. The van der Waals surface area contributed by atoms with Crippen molar-refractivity contribution in [2.45, 2.75) is 39.7 Å². The van der Waals surface area contributed by atoms with Crippen molar-refractivity contribution in [2.24, 2.45) is 11.1 Å². The summed E-state index contributed by atoms with van der Waals surface area (Å²) < 4.78 is 5.15. The van der Waals surface area contributed by atoms with Gasteiger partial charge < -0.3 is 10.5 Å². The lowest BCUT2D eigenvalue weighted by molar-refractivity contribution is 0.303. The monoisotopic (exact) mass is 223 g/mol. The second-order valence-electron chi connectivity index (χ2n) is 5.02. The molecule has 0 saturated heterocycles. The Hall–Kier alpha value is -1.16. The van der Waals surface area contributed by atoms with E-state index in [1.54, 1.807) is 19.5 Å². The maximum Gasteiger partial charge on any atom is 0.235 e. The first-order valence-electron chi connectivity index (χ1n) is 5.54. The number of nitrogens with zero attached hydrogens (tertiary/aromatic N) is 2. The standard InChI is InChI=1S/C12H21N3O/c1-12(2,3)10(13)6-5-9-11(16-4)15-8-7-14-9/h7-8,10H,5-6,13H2,1-4H3. The summed E-state index contributed by atoms with van der Waals surface area (Å²) in [6.45, 7) is 6.43. The SMILES string of the molecule is COc1nccnc1CCC(N)C(C)(C)C. The van der Waals surface area contributed by atoms with Crippen molar-refractivity contribution in [3.8, 4) is 5.88 Å². The third-order valence-electron chi connectivity index (χ3n) is 2.73. The lowest BCUT2D eigenvalue weighted by atomic mass is 9.84. The molecule has 16 heavy (non-hydrogen) atoms. The van der Waals surface area contributed by atoms with Crippen LogP contribution in [0.2, 0.25) is 0 Å². The summed E-state index contributed by atoms with van der Waals surface area (Å²) >= 11 is 0. The lowest BCUT2D eigenvalue weighted by Crippen LogP contribution is -2.35. The van der Waals surface area contributed by atoms with E-state index in [0.717, 1.165) is 18.5 Å². The van der Waals surface area contributed by atoms with Gasteiger partial charge in [-0.2, -0.15) is 0 Å². The molecular weight excluding hydrogens is 202 g/mol. The van der Waals surface area contributed by atoms with Crippen molar-refractivity contribution in [2.75, 3.05) is 7.11 Å². The lowest BCUT2D eigenvalue weighted by Gasteiger charge is -2.26. The van der Waals surface area contributed by atoms with Crippen LogP contribution in [0, 0.1) is 5.41 Å². The topological polar surface area (TPSA) is 61.0 Å². The number of hydrogen-bond acceptors (Lipinski definition) is 4. The quantitative estimate of drug-likeness (QED) is 0.845. The van der Waals surface area contributed by atoms with Gasteiger partial charge in [-0.3, -0.25) is 4.98 Å². The molecule has 0 aliphatic heterocycles. The molecule has 0 spiro atoms. The van der Waals surface area contributed by atoms with Gasteiger partial charge >= 0.3 is 0 Å². The third kappa shape index (κ3) is 3.45. The highest BCUT2D eigenvalue weighted by Gasteiger charge is 2.20. The van der Waals surface area contributed by atoms with Gasteiger partial charge in [0.1, 0.15) is 5.69 Å². The van der Waals surface area contributed by atoms with Crippen molar-refractivity contribution < 1.29 is 4.74 Å². The Morgan fingerprint density at radius 2 is 1.94 bits per heavy atom. The Balaban J connectivity index is 2.61. The molecule has 1 atom stereocenters. The summed E-state index contributed by atoms with van der Waals surface area (Å²) in [7, 11) is 1.61. The predicted octanol–water partition coefficient (Wildman–Crippen LogP) is 1.79. The summed E-state index contributed by atoms with van der Waals surface area (Å²) in [5.74, 6) is 0.601. The van der Waals surface area contributed by atoms with Crippen LogP contribution >= 0.6 is 0 Å². The van der Waals surface area contributed by atoms with E-state index in [4.69, 9.17) is 10.5 Å². The highest BCUT2D eigenvalue weighted by Crippen LogP contribution is 2.22. The normalized spacial score (nSPS) is 13.6. The van der Waals surface area contributed by atoms with Crippen molar-refractivity contribution in [3.05, 3.63) is 18.1 Å². The Morgan fingerprint density at radius 3 is 2.50 bits per heavy atom. The fourth-order valence-corrected chi connectivity index (χ4v) is 1.42. The van der Waals surface area contributed by atoms with Gasteiger partial charge in [0.2, 0.25) is 5.88 Å². The molecule has 4 heteroatoms. The fourth-order valence-electron chi connectivity index (χ4n) is 1.42. The van der Waals surface area contributed by atoms with Gasteiger partial charge in [0, 0.05) is 18.4 Å². The second-order valence-corrected chi connectivity index (χ2v) is 5.02. The fraction of sp³-hybridized carbons (Fsp3) is 0.667. The second kappa shape index (κ2) is 5.25. The zero-order valence-electron chi connectivity index (χ0n) is 10.5. The van der Waals surface area contributed by atoms with E-state index in [1.807, 2.05) is 0 Å². The summed E-state index contributed by atoms with van der Waals surface area (Å²) in [5, 5.41) is 0. The number of aromatic nitrogens is 2. The Bertz CT molecular complexity index is 333. The first-order chi connectivity index (χ1) is 7.45. The van der Waals surface area contributed by atoms with Gasteiger partial charge in [-0.05, 0) is 18.3 Å². The van der Waals surface area contributed by atoms with Crippen molar-refractivity contribution in [1.29, 1.82) is 0 Å². The molecule has 1 aromatic heterocycles. The third-order valence-corrected chi connectivity index (χ3v) is 2.73. The van der Waals surface area contributed by atoms with Crippen LogP contribution in [0.1, 0.15) is 32.9 Å². The predicted molar refractivity (Wildman–Crippen MR) is 64.3 cm³/mol. The Kier molecular flexibility index (Phi) is 4.24.